The minimum absolute atomic E-state index is 0.0625. The number of benzene rings is 1. The molecular weight excluding hydrogens is 398 g/mol. The van der Waals surface area contributed by atoms with Gasteiger partial charge in [0.05, 0.1) is 24.3 Å². The highest BCUT2D eigenvalue weighted by Gasteiger charge is 2.29. The van der Waals surface area contributed by atoms with E-state index in [0.29, 0.717) is 19.7 Å². The van der Waals surface area contributed by atoms with Crippen molar-refractivity contribution in [2.75, 3.05) is 26.0 Å². The molecule has 0 aliphatic heterocycles. The zero-order valence-electron chi connectivity index (χ0n) is 19.1. The first-order valence-electron chi connectivity index (χ1n) is 10.7. The van der Waals surface area contributed by atoms with Crippen LogP contribution in [-0.4, -0.2) is 48.9 Å². The van der Waals surface area contributed by atoms with Crippen LogP contribution in [0.3, 0.4) is 0 Å². The summed E-state index contributed by atoms with van der Waals surface area (Å²) in [6, 6.07) is 10.4. The standard InChI is InChI=1S/C23H37N3O3S/c1-6-7-13-25(17-20-11-9-8-10-12-20)18-21-16-24-22(26(21)14-15-29-5)30(27,28)19-23(2,3)4/h8-12,16H,6-7,13-15,17-19H2,1-5H3. The van der Waals surface area contributed by atoms with Crippen molar-refractivity contribution in [1.29, 1.82) is 0 Å². The van der Waals surface area contributed by atoms with E-state index < -0.39 is 9.84 Å². The van der Waals surface area contributed by atoms with Gasteiger partial charge in [-0.3, -0.25) is 4.90 Å². The molecule has 0 amide bonds. The maximum atomic E-state index is 13.1. The fourth-order valence-electron chi connectivity index (χ4n) is 3.49. The van der Waals surface area contributed by atoms with Crippen molar-refractivity contribution in [2.24, 2.45) is 5.41 Å². The molecule has 0 spiro atoms. The number of unbranched alkanes of at least 4 members (excludes halogenated alkanes) is 1. The molecule has 0 unspecified atom stereocenters. The molecule has 0 atom stereocenters. The van der Waals surface area contributed by atoms with Crippen LogP contribution in [0.5, 0.6) is 0 Å². The first-order chi connectivity index (χ1) is 14.2. The molecule has 2 aromatic rings. The summed E-state index contributed by atoms with van der Waals surface area (Å²) >= 11 is 0. The lowest BCUT2D eigenvalue weighted by atomic mass is 10.0. The van der Waals surface area contributed by atoms with Gasteiger partial charge in [0, 0.05) is 26.7 Å². The average Bonchev–Trinajstić information content (AvgIpc) is 3.06. The fourth-order valence-corrected chi connectivity index (χ4v) is 5.52. The number of hydrogen-bond donors (Lipinski definition) is 0. The van der Waals surface area contributed by atoms with E-state index in [-0.39, 0.29) is 16.3 Å². The molecule has 0 saturated carbocycles. The molecule has 7 heteroatoms. The van der Waals surface area contributed by atoms with E-state index in [1.807, 2.05) is 43.5 Å². The van der Waals surface area contributed by atoms with E-state index in [0.717, 1.165) is 31.6 Å². The Bertz CT molecular complexity index is 871. The third kappa shape index (κ3) is 7.52. The van der Waals surface area contributed by atoms with Crippen molar-refractivity contribution in [3.63, 3.8) is 0 Å². The first kappa shape index (κ1) is 24.6. The summed E-state index contributed by atoms with van der Waals surface area (Å²) in [5, 5.41) is 0.152. The van der Waals surface area contributed by atoms with Crippen LogP contribution in [-0.2, 0) is 34.2 Å². The molecule has 0 bridgehead atoms. The number of rotatable bonds is 12. The largest absolute Gasteiger partial charge is 0.383 e. The van der Waals surface area contributed by atoms with Gasteiger partial charge in [0.25, 0.3) is 0 Å². The second-order valence-corrected chi connectivity index (χ2v) is 10.9. The number of ether oxygens (including phenoxy) is 1. The van der Waals surface area contributed by atoms with Gasteiger partial charge in [0.1, 0.15) is 0 Å². The topological polar surface area (TPSA) is 64.4 Å². The van der Waals surface area contributed by atoms with Crippen LogP contribution in [0.4, 0.5) is 0 Å². The Balaban J connectivity index is 2.32. The summed E-state index contributed by atoms with van der Waals surface area (Å²) in [6.45, 7) is 11.3. The van der Waals surface area contributed by atoms with Gasteiger partial charge in [0.2, 0.25) is 15.0 Å². The second kappa shape index (κ2) is 11.1. The van der Waals surface area contributed by atoms with Gasteiger partial charge in [-0.25, -0.2) is 13.4 Å². The van der Waals surface area contributed by atoms with E-state index >= 15 is 0 Å². The molecule has 0 radical (unpaired) electrons. The molecule has 30 heavy (non-hydrogen) atoms. The molecule has 1 aromatic carbocycles. The summed E-state index contributed by atoms with van der Waals surface area (Å²) < 4.78 is 33.2. The van der Waals surface area contributed by atoms with Crippen molar-refractivity contribution >= 4 is 9.84 Å². The highest BCUT2D eigenvalue weighted by molar-refractivity contribution is 7.91. The second-order valence-electron chi connectivity index (χ2n) is 9.05. The third-order valence-electron chi connectivity index (χ3n) is 4.78. The maximum Gasteiger partial charge on any atom is 0.227 e. The Morgan fingerprint density at radius 1 is 1.13 bits per heavy atom. The van der Waals surface area contributed by atoms with Crippen LogP contribution in [0.25, 0.3) is 0 Å². The number of hydrogen-bond acceptors (Lipinski definition) is 5. The highest BCUT2D eigenvalue weighted by atomic mass is 32.2. The summed E-state index contributed by atoms with van der Waals surface area (Å²) in [4.78, 5) is 6.72. The Morgan fingerprint density at radius 3 is 2.43 bits per heavy atom. The van der Waals surface area contributed by atoms with E-state index in [2.05, 4.69) is 28.9 Å². The number of sulfone groups is 1. The van der Waals surface area contributed by atoms with E-state index in [4.69, 9.17) is 4.74 Å². The van der Waals surface area contributed by atoms with Gasteiger partial charge in [0.15, 0.2) is 0 Å². The molecule has 6 nitrogen and oxygen atoms in total. The van der Waals surface area contributed by atoms with Crippen molar-refractivity contribution < 1.29 is 13.2 Å². The van der Waals surface area contributed by atoms with Crippen molar-refractivity contribution in [2.45, 2.75) is 65.3 Å². The predicted molar refractivity (Wildman–Crippen MR) is 121 cm³/mol. The van der Waals surface area contributed by atoms with Crippen LogP contribution >= 0.6 is 0 Å². The van der Waals surface area contributed by atoms with E-state index in [9.17, 15) is 8.42 Å². The summed E-state index contributed by atoms with van der Waals surface area (Å²) in [5.74, 6) is 0.0625. The Hall–Kier alpha value is -1.70. The van der Waals surface area contributed by atoms with Crippen LogP contribution in [0.15, 0.2) is 41.7 Å². The van der Waals surface area contributed by atoms with Gasteiger partial charge >= 0.3 is 0 Å². The molecule has 1 aromatic heterocycles. The van der Waals surface area contributed by atoms with Crippen molar-refractivity contribution in [3.05, 3.63) is 47.8 Å². The predicted octanol–water partition coefficient (Wildman–Crippen LogP) is 4.15. The average molecular weight is 436 g/mol. The SMILES string of the molecule is CCCCN(Cc1ccccc1)Cc1cnc(S(=O)(=O)CC(C)(C)C)n1CCOC. The lowest BCUT2D eigenvalue weighted by molar-refractivity contribution is 0.180. The normalized spacial score (nSPS) is 12.6. The number of aromatic nitrogens is 2. The van der Waals surface area contributed by atoms with E-state index in [1.165, 1.54) is 5.56 Å². The molecule has 2 rings (SSSR count). The Kier molecular flexibility index (Phi) is 9.07. The summed E-state index contributed by atoms with van der Waals surface area (Å²) in [6.07, 6.45) is 3.92. The van der Waals surface area contributed by atoms with Gasteiger partial charge < -0.3 is 9.30 Å². The first-order valence-corrected chi connectivity index (χ1v) is 12.3. The molecule has 0 aliphatic carbocycles. The van der Waals surface area contributed by atoms with E-state index in [1.54, 1.807) is 13.3 Å². The minimum atomic E-state index is -3.49. The highest BCUT2D eigenvalue weighted by Crippen LogP contribution is 2.23. The number of methoxy groups -OCH3 is 1. The molecule has 0 fully saturated rings. The van der Waals surface area contributed by atoms with Crippen LogP contribution < -0.4 is 0 Å². The monoisotopic (exact) mass is 435 g/mol. The quantitative estimate of drug-likeness (QED) is 0.501. The molecular formula is C23H37N3O3S. The fraction of sp³-hybridized carbons (Fsp3) is 0.609. The zero-order chi connectivity index (χ0) is 22.2. The molecule has 1 heterocycles. The molecule has 168 valence electrons. The van der Waals surface area contributed by atoms with Crippen LogP contribution in [0.1, 0.15) is 51.8 Å². The molecule has 0 saturated heterocycles. The number of nitrogens with zero attached hydrogens (tertiary/aromatic N) is 3. The van der Waals surface area contributed by atoms with Crippen molar-refractivity contribution in [3.8, 4) is 0 Å². The third-order valence-corrected chi connectivity index (χ3v) is 6.91. The van der Waals surface area contributed by atoms with Gasteiger partial charge in [-0.15, -0.1) is 0 Å². The molecule has 0 N–H and O–H groups in total. The lowest BCUT2D eigenvalue weighted by Crippen LogP contribution is -2.27. The van der Waals surface area contributed by atoms with Crippen LogP contribution in [0.2, 0.25) is 0 Å². The summed E-state index contributed by atoms with van der Waals surface area (Å²) in [7, 11) is -1.86. The van der Waals surface area contributed by atoms with Gasteiger partial charge in [-0.05, 0) is 23.9 Å². The lowest BCUT2D eigenvalue weighted by Gasteiger charge is -2.24. The Morgan fingerprint density at radius 2 is 1.83 bits per heavy atom. The van der Waals surface area contributed by atoms with Gasteiger partial charge in [-0.2, -0.15) is 0 Å². The Labute approximate surface area is 182 Å². The van der Waals surface area contributed by atoms with Crippen LogP contribution in [0, 0.1) is 5.41 Å². The maximum absolute atomic E-state index is 13.1. The minimum Gasteiger partial charge on any atom is -0.383 e. The smallest absolute Gasteiger partial charge is 0.227 e. The molecule has 0 aliphatic rings. The number of imidazole rings is 1. The van der Waals surface area contributed by atoms with Gasteiger partial charge in [-0.1, -0.05) is 64.4 Å². The zero-order valence-corrected chi connectivity index (χ0v) is 19.9. The summed E-state index contributed by atoms with van der Waals surface area (Å²) in [5.41, 5.74) is 1.82. The van der Waals surface area contributed by atoms with Crippen molar-refractivity contribution in [1.82, 2.24) is 14.5 Å².